The maximum atomic E-state index is 13.4. The lowest BCUT2D eigenvalue weighted by Crippen LogP contribution is -2.39. The summed E-state index contributed by atoms with van der Waals surface area (Å²) in [5.41, 5.74) is 0.553. The van der Waals surface area contributed by atoms with E-state index in [1.165, 1.54) is 25.3 Å². The minimum absolute atomic E-state index is 0.214. The lowest BCUT2D eigenvalue weighted by atomic mass is 10.00. The van der Waals surface area contributed by atoms with E-state index < -0.39 is 0 Å². The van der Waals surface area contributed by atoms with Crippen molar-refractivity contribution in [1.82, 2.24) is 5.01 Å². The third-order valence-electron chi connectivity index (χ3n) is 3.38. The highest BCUT2D eigenvalue weighted by Gasteiger charge is 2.22. The second kappa shape index (κ2) is 5.30. The molecule has 1 aromatic rings. The third kappa shape index (κ3) is 2.84. The second-order valence-electron chi connectivity index (χ2n) is 4.78. The first-order chi connectivity index (χ1) is 8.18. The van der Waals surface area contributed by atoms with E-state index in [-0.39, 0.29) is 5.82 Å². The minimum atomic E-state index is -0.214. The van der Waals surface area contributed by atoms with Crippen LogP contribution in [-0.4, -0.2) is 23.3 Å². The van der Waals surface area contributed by atoms with Crippen LogP contribution in [0, 0.1) is 5.82 Å². The van der Waals surface area contributed by atoms with Crippen molar-refractivity contribution in [3.8, 4) is 0 Å². The van der Waals surface area contributed by atoms with Crippen LogP contribution in [0.1, 0.15) is 38.7 Å². The van der Waals surface area contributed by atoms with Gasteiger partial charge < -0.3 is 0 Å². The molecule has 0 saturated carbocycles. The van der Waals surface area contributed by atoms with Gasteiger partial charge in [0.2, 0.25) is 0 Å². The largest absolute Gasteiger partial charge is 0.292 e. The fourth-order valence-corrected chi connectivity index (χ4v) is 2.34. The highest BCUT2D eigenvalue weighted by atomic mass is 19.1. The van der Waals surface area contributed by atoms with Crippen LogP contribution in [0.4, 0.5) is 4.39 Å². The van der Waals surface area contributed by atoms with Crippen molar-refractivity contribution in [2.45, 2.75) is 45.2 Å². The molecule has 1 saturated heterocycles. The van der Waals surface area contributed by atoms with Gasteiger partial charge in [-0.25, -0.2) is 4.39 Å². The molecule has 2 nitrogen and oxygen atoms in total. The topological polar surface area (TPSA) is 15.6 Å². The maximum absolute atomic E-state index is 13.4. The number of rotatable bonds is 2. The van der Waals surface area contributed by atoms with E-state index in [1.54, 1.807) is 18.3 Å². The average molecular weight is 234 g/mol. The molecule has 3 heteroatoms. The number of piperidine rings is 1. The predicted molar refractivity (Wildman–Crippen MR) is 68.6 cm³/mol. The van der Waals surface area contributed by atoms with Crippen LogP contribution in [0.25, 0.3) is 0 Å². The summed E-state index contributed by atoms with van der Waals surface area (Å²) in [4.78, 5) is 0. The second-order valence-corrected chi connectivity index (χ2v) is 4.78. The Hall–Kier alpha value is -1.38. The SMILES string of the molecule is C[C@@H]1CCC[C@@H](C)N1/N=C\c1ccccc1F. The Kier molecular flexibility index (Phi) is 3.77. The van der Waals surface area contributed by atoms with Crippen LogP contribution >= 0.6 is 0 Å². The molecule has 92 valence electrons. The van der Waals surface area contributed by atoms with E-state index in [4.69, 9.17) is 0 Å². The number of hydrogen-bond acceptors (Lipinski definition) is 2. The molecule has 1 fully saturated rings. The van der Waals surface area contributed by atoms with Gasteiger partial charge in [0.15, 0.2) is 0 Å². The summed E-state index contributed by atoms with van der Waals surface area (Å²) in [6, 6.07) is 7.62. The summed E-state index contributed by atoms with van der Waals surface area (Å²) < 4.78 is 13.4. The Morgan fingerprint density at radius 3 is 2.53 bits per heavy atom. The molecule has 2 atom stereocenters. The highest BCUT2D eigenvalue weighted by molar-refractivity contribution is 5.79. The summed E-state index contributed by atoms with van der Waals surface area (Å²) in [6.45, 7) is 4.35. The molecule has 0 bridgehead atoms. The lowest BCUT2D eigenvalue weighted by Gasteiger charge is -2.36. The van der Waals surface area contributed by atoms with Gasteiger partial charge in [-0.2, -0.15) is 5.10 Å². The fraction of sp³-hybridized carbons (Fsp3) is 0.500. The summed E-state index contributed by atoms with van der Waals surface area (Å²) >= 11 is 0. The number of benzene rings is 1. The average Bonchev–Trinajstić information content (AvgIpc) is 2.30. The fourth-order valence-electron chi connectivity index (χ4n) is 2.34. The van der Waals surface area contributed by atoms with Crippen LogP contribution in [0.5, 0.6) is 0 Å². The zero-order valence-electron chi connectivity index (χ0n) is 10.4. The van der Waals surface area contributed by atoms with Crippen LogP contribution in [0.3, 0.4) is 0 Å². The van der Waals surface area contributed by atoms with Crippen molar-refractivity contribution in [3.63, 3.8) is 0 Å². The zero-order chi connectivity index (χ0) is 12.3. The van der Waals surface area contributed by atoms with Crippen molar-refractivity contribution in [2.75, 3.05) is 0 Å². The molecule has 1 aliphatic heterocycles. The van der Waals surface area contributed by atoms with Crippen molar-refractivity contribution in [3.05, 3.63) is 35.6 Å². The maximum Gasteiger partial charge on any atom is 0.132 e. The van der Waals surface area contributed by atoms with Gasteiger partial charge in [-0.05, 0) is 39.2 Å². The minimum Gasteiger partial charge on any atom is -0.292 e. The van der Waals surface area contributed by atoms with E-state index in [2.05, 4.69) is 24.0 Å². The van der Waals surface area contributed by atoms with Gasteiger partial charge in [0.1, 0.15) is 5.82 Å². The van der Waals surface area contributed by atoms with Crippen LogP contribution < -0.4 is 0 Å². The van der Waals surface area contributed by atoms with Gasteiger partial charge in [-0.15, -0.1) is 0 Å². The Balaban J connectivity index is 2.11. The molecule has 0 radical (unpaired) electrons. The van der Waals surface area contributed by atoms with Crippen molar-refractivity contribution >= 4 is 6.21 Å². The van der Waals surface area contributed by atoms with Crippen molar-refractivity contribution in [2.24, 2.45) is 5.10 Å². The van der Waals surface area contributed by atoms with Crippen LogP contribution in [0.15, 0.2) is 29.4 Å². The van der Waals surface area contributed by atoms with E-state index >= 15 is 0 Å². The molecule has 17 heavy (non-hydrogen) atoms. The van der Waals surface area contributed by atoms with Crippen LogP contribution in [0.2, 0.25) is 0 Å². The van der Waals surface area contributed by atoms with Crippen molar-refractivity contribution in [1.29, 1.82) is 0 Å². The normalized spacial score (nSPS) is 25.5. The van der Waals surface area contributed by atoms with Gasteiger partial charge in [0.05, 0.1) is 6.21 Å². The lowest BCUT2D eigenvalue weighted by molar-refractivity contribution is 0.109. The summed E-state index contributed by atoms with van der Waals surface area (Å²) in [7, 11) is 0. The third-order valence-corrected chi connectivity index (χ3v) is 3.38. The van der Waals surface area contributed by atoms with E-state index in [9.17, 15) is 4.39 Å². The molecule has 0 spiro atoms. The monoisotopic (exact) mass is 234 g/mol. The van der Waals surface area contributed by atoms with Crippen LogP contribution in [-0.2, 0) is 0 Å². The first-order valence-corrected chi connectivity index (χ1v) is 6.25. The Morgan fingerprint density at radius 1 is 1.24 bits per heavy atom. The molecule has 0 amide bonds. The molecule has 0 unspecified atom stereocenters. The summed E-state index contributed by atoms with van der Waals surface area (Å²) in [6.07, 6.45) is 5.22. The quantitative estimate of drug-likeness (QED) is 0.716. The highest BCUT2D eigenvalue weighted by Crippen LogP contribution is 2.22. The number of halogens is 1. The summed E-state index contributed by atoms with van der Waals surface area (Å²) in [5, 5.41) is 6.54. The smallest absolute Gasteiger partial charge is 0.132 e. The summed E-state index contributed by atoms with van der Waals surface area (Å²) in [5.74, 6) is -0.214. The first kappa shape index (κ1) is 12.1. The van der Waals surface area contributed by atoms with Gasteiger partial charge in [-0.1, -0.05) is 18.2 Å². The molecule has 0 aromatic heterocycles. The van der Waals surface area contributed by atoms with Gasteiger partial charge in [-0.3, -0.25) is 5.01 Å². The van der Waals surface area contributed by atoms with Gasteiger partial charge in [0, 0.05) is 17.6 Å². The Bertz CT molecular complexity index is 393. The Morgan fingerprint density at radius 2 is 1.88 bits per heavy atom. The van der Waals surface area contributed by atoms with Gasteiger partial charge in [0.25, 0.3) is 0 Å². The van der Waals surface area contributed by atoms with E-state index in [1.807, 2.05) is 6.07 Å². The standard InChI is InChI=1S/C14H19FN2/c1-11-6-5-7-12(2)17(11)16-10-13-8-3-4-9-14(13)15/h3-4,8-12H,5-7H2,1-2H3/b16-10-/t11-,12-/m1/s1. The van der Waals surface area contributed by atoms with E-state index in [0.29, 0.717) is 17.6 Å². The molecular weight excluding hydrogens is 215 g/mol. The molecule has 1 aliphatic rings. The molecule has 2 rings (SSSR count). The molecule has 0 aliphatic carbocycles. The molecule has 1 heterocycles. The number of hydrogen-bond donors (Lipinski definition) is 0. The van der Waals surface area contributed by atoms with Gasteiger partial charge >= 0.3 is 0 Å². The Labute approximate surface area is 102 Å². The molecular formula is C14H19FN2. The van der Waals surface area contributed by atoms with E-state index in [0.717, 1.165) is 0 Å². The predicted octanol–water partition coefficient (Wildman–Crippen LogP) is 3.42. The zero-order valence-corrected chi connectivity index (χ0v) is 10.4. The number of nitrogens with zero attached hydrogens (tertiary/aromatic N) is 2. The first-order valence-electron chi connectivity index (χ1n) is 6.25. The molecule has 1 aromatic carbocycles. The molecule has 0 N–H and O–H groups in total. The van der Waals surface area contributed by atoms with Crippen molar-refractivity contribution < 1.29 is 4.39 Å². The number of hydrazone groups is 1.